The SMILES string of the molecule is O=C(N[C@H](CO)c1ccc(Cl)c(F)c1)N1CCc2cnc(NC3CCCOC3)nc2C1. The van der Waals surface area contributed by atoms with Crippen LogP contribution in [-0.4, -0.2) is 58.4 Å². The van der Waals surface area contributed by atoms with Gasteiger partial charge in [0.05, 0.1) is 42.6 Å². The quantitative estimate of drug-likeness (QED) is 0.649. The number of aliphatic hydroxyl groups excluding tert-OH is 1. The van der Waals surface area contributed by atoms with E-state index in [0.29, 0.717) is 37.6 Å². The second-order valence-electron chi connectivity index (χ2n) is 7.75. The van der Waals surface area contributed by atoms with E-state index in [1.807, 2.05) is 0 Å². The standard InChI is InChI=1S/C21H25ClFN5O3/c22-16-4-3-13(8-17(16)23)19(11-29)27-21(30)28-6-5-14-9-24-20(26-18(14)10-28)25-15-2-1-7-31-12-15/h3-4,8-9,15,19,29H,1-2,5-7,10-12H2,(H,27,30)(H,24,25,26)/t15?,19-/m1/s1. The van der Waals surface area contributed by atoms with Gasteiger partial charge in [-0.15, -0.1) is 0 Å². The number of aliphatic hydroxyl groups is 1. The number of urea groups is 1. The molecule has 0 spiro atoms. The summed E-state index contributed by atoms with van der Waals surface area (Å²) >= 11 is 5.72. The molecule has 1 saturated heterocycles. The average molecular weight is 450 g/mol. The largest absolute Gasteiger partial charge is 0.394 e. The van der Waals surface area contributed by atoms with E-state index < -0.39 is 11.9 Å². The van der Waals surface area contributed by atoms with Crippen molar-refractivity contribution < 1.29 is 19.0 Å². The van der Waals surface area contributed by atoms with Crippen molar-refractivity contribution >= 4 is 23.6 Å². The Hall–Kier alpha value is -2.49. The minimum atomic E-state index is -0.741. The monoisotopic (exact) mass is 449 g/mol. The van der Waals surface area contributed by atoms with Crippen LogP contribution >= 0.6 is 11.6 Å². The summed E-state index contributed by atoms with van der Waals surface area (Å²) in [4.78, 5) is 23.4. The number of aromatic nitrogens is 2. The van der Waals surface area contributed by atoms with Crippen LogP contribution in [0.5, 0.6) is 0 Å². The minimum absolute atomic E-state index is 0.0108. The summed E-state index contributed by atoms with van der Waals surface area (Å²) in [5.41, 5.74) is 2.24. The molecule has 1 aromatic heterocycles. The van der Waals surface area contributed by atoms with E-state index in [9.17, 15) is 14.3 Å². The number of anilines is 1. The number of hydrogen-bond acceptors (Lipinski definition) is 6. The highest BCUT2D eigenvalue weighted by Crippen LogP contribution is 2.22. The Bertz CT molecular complexity index is 941. The van der Waals surface area contributed by atoms with E-state index in [1.165, 1.54) is 12.1 Å². The van der Waals surface area contributed by atoms with E-state index >= 15 is 0 Å². The molecule has 166 valence electrons. The maximum absolute atomic E-state index is 13.8. The fraction of sp³-hybridized carbons (Fsp3) is 0.476. The van der Waals surface area contributed by atoms with Crippen LogP contribution in [0.2, 0.25) is 5.02 Å². The first kappa shape index (κ1) is 21.7. The number of fused-ring (bicyclic) bond motifs is 1. The third-order valence-electron chi connectivity index (χ3n) is 5.55. The number of rotatable bonds is 5. The Balaban J connectivity index is 1.41. The lowest BCUT2D eigenvalue weighted by molar-refractivity contribution is 0.0874. The minimum Gasteiger partial charge on any atom is -0.394 e. The number of hydrogen-bond donors (Lipinski definition) is 3. The number of amides is 2. The molecule has 0 aliphatic carbocycles. The van der Waals surface area contributed by atoms with Gasteiger partial charge >= 0.3 is 6.03 Å². The summed E-state index contributed by atoms with van der Waals surface area (Å²) in [5.74, 6) is -0.0692. The Morgan fingerprint density at radius 2 is 2.32 bits per heavy atom. The van der Waals surface area contributed by atoms with Gasteiger partial charge in [0.1, 0.15) is 5.82 Å². The van der Waals surface area contributed by atoms with Crippen LogP contribution in [0.4, 0.5) is 15.1 Å². The molecule has 31 heavy (non-hydrogen) atoms. The van der Waals surface area contributed by atoms with Gasteiger partial charge in [0, 0.05) is 19.3 Å². The van der Waals surface area contributed by atoms with Gasteiger partial charge in [-0.05, 0) is 42.5 Å². The molecule has 8 nitrogen and oxygen atoms in total. The molecule has 2 aliphatic heterocycles. The molecule has 0 bridgehead atoms. The molecular formula is C21H25ClFN5O3. The van der Waals surface area contributed by atoms with Crippen molar-refractivity contribution in [1.82, 2.24) is 20.2 Å². The van der Waals surface area contributed by atoms with E-state index in [1.54, 1.807) is 17.2 Å². The molecule has 3 N–H and O–H groups in total. The smallest absolute Gasteiger partial charge is 0.318 e. The topological polar surface area (TPSA) is 99.6 Å². The summed E-state index contributed by atoms with van der Waals surface area (Å²) < 4.78 is 19.3. The molecule has 1 unspecified atom stereocenters. The Morgan fingerprint density at radius 3 is 3.06 bits per heavy atom. The molecule has 2 amide bonds. The van der Waals surface area contributed by atoms with Gasteiger partial charge in [-0.3, -0.25) is 0 Å². The van der Waals surface area contributed by atoms with Crippen LogP contribution in [-0.2, 0) is 17.7 Å². The summed E-state index contributed by atoms with van der Waals surface area (Å²) in [6.45, 7) is 1.87. The average Bonchev–Trinajstić information content (AvgIpc) is 2.79. The highest BCUT2D eigenvalue weighted by Gasteiger charge is 2.25. The zero-order valence-corrected chi connectivity index (χ0v) is 17.7. The van der Waals surface area contributed by atoms with Crippen LogP contribution in [0.1, 0.15) is 35.7 Å². The first-order valence-corrected chi connectivity index (χ1v) is 10.7. The van der Waals surface area contributed by atoms with Crippen LogP contribution in [0, 0.1) is 5.82 Å². The maximum Gasteiger partial charge on any atom is 0.318 e. The van der Waals surface area contributed by atoms with Crippen LogP contribution < -0.4 is 10.6 Å². The highest BCUT2D eigenvalue weighted by atomic mass is 35.5. The van der Waals surface area contributed by atoms with Crippen molar-refractivity contribution in [1.29, 1.82) is 0 Å². The van der Waals surface area contributed by atoms with Gasteiger partial charge < -0.3 is 25.4 Å². The molecule has 1 aromatic carbocycles. The first-order chi connectivity index (χ1) is 15.0. The number of benzene rings is 1. The Morgan fingerprint density at radius 1 is 1.45 bits per heavy atom. The Labute approximate surface area is 184 Å². The molecule has 0 saturated carbocycles. The number of nitrogens with zero attached hydrogens (tertiary/aromatic N) is 3. The van der Waals surface area contributed by atoms with Gasteiger partial charge in [-0.2, -0.15) is 0 Å². The number of carbonyl (C=O) groups excluding carboxylic acids is 1. The first-order valence-electron chi connectivity index (χ1n) is 10.3. The van der Waals surface area contributed by atoms with E-state index in [2.05, 4.69) is 20.6 Å². The van der Waals surface area contributed by atoms with Gasteiger partial charge in [0.15, 0.2) is 0 Å². The molecule has 3 heterocycles. The van der Waals surface area contributed by atoms with Crippen molar-refractivity contribution in [2.24, 2.45) is 0 Å². The van der Waals surface area contributed by atoms with Crippen molar-refractivity contribution in [2.75, 3.05) is 31.7 Å². The maximum atomic E-state index is 13.8. The van der Waals surface area contributed by atoms with Crippen molar-refractivity contribution in [3.8, 4) is 0 Å². The highest BCUT2D eigenvalue weighted by molar-refractivity contribution is 6.30. The van der Waals surface area contributed by atoms with E-state index in [-0.39, 0.29) is 23.7 Å². The second-order valence-corrected chi connectivity index (χ2v) is 8.16. The second kappa shape index (κ2) is 9.76. The van der Waals surface area contributed by atoms with Crippen molar-refractivity contribution in [3.63, 3.8) is 0 Å². The van der Waals surface area contributed by atoms with Crippen molar-refractivity contribution in [2.45, 2.75) is 37.9 Å². The summed E-state index contributed by atoms with van der Waals surface area (Å²) in [6, 6.07) is 3.29. The number of nitrogens with one attached hydrogen (secondary N) is 2. The molecule has 2 atom stereocenters. The van der Waals surface area contributed by atoms with Gasteiger partial charge in [0.25, 0.3) is 0 Å². The van der Waals surface area contributed by atoms with Crippen molar-refractivity contribution in [3.05, 3.63) is 52.1 Å². The lowest BCUT2D eigenvalue weighted by Gasteiger charge is -2.30. The van der Waals surface area contributed by atoms with Crippen LogP contribution in [0.15, 0.2) is 24.4 Å². The number of carbonyl (C=O) groups is 1. The number of ether oxygens (including phenoxy) is 1. The summed E-state index contributed by atoms with van der Waals surface area (Å²) in [6.07, 6.45) is 4.44. The van der Waals surface area contributed by atoms with E-state index in [4.69, 9.17) is 16.3 Å². The lowest BCUT2D eigenvalue weighted by atomic mass is 10.1. The van der Waals surface area contributed by atoms with Gasteiger partial charge in [-0.1, -0.05) is 17.7 Å². The molecule has 10 heteroatoms. The fourth-order valence-electron chi connectivity index (χ4n) is 3.79. The summed E-state index contributed by atoms with van der Waals surface area (Å²) in [5, 5.41) is 15.8. The zero-order valence-electron chi connectivity index (χ0n) is 17.0. The van der Waals surface area contributed by atoms with Gasteiger partial charge in [-0.25, -0.2) is 19.2 Å². The molecule has 4 rings (SSSR count). The third kappa shape index (κ3) is 5.23. The molecular weight excluding hydrogens is 425 g/mol. The predicted octanol–water partition coefficient (Wildman–Crippen LogP) is 2.66. The van der Waals surface area contributed by atoms with E-state index in [0.717, 1.165) is 30.7 Å². The fourth-order valence-corrected chi connectivity index (χ4v) is 3.90. The third-order valence-corrected chi connectivity index (χ3v) is 5.86. The molecule has 2 aliphatic rings. The Kier molecular flexibility index (Phi) is 6.84. The molecule has 0 radical (unpaired) electrons. The number of halogens is 2. The normalized spacial score (nSPS) is 19.5. The lowest BCUT2D eigenvalue weighted by Crippen LogP contribution is -2.45. The molecule has 2 aromatic rings. The molecule has 1 fully saturated rings. The predicted molar refractivity (Wildman–Crippen MR) is 113 cm³/mol. The zero-order chi connectivity index (χ0) is 21.8. The van der Waals surface area contributed by atoms with Crippen LogP contribution in [0.25, 0.3) is 0 Å². The summed E-state index contributed by atoms with van der Waals surface area (Å²) in [7, 11) is 0. The van der Waals surface area contributed by atoms with Gasteiger partial charge in [0.2, 0.25) is 5.95 Å². The van der Waals surface area contributed by atoms with Crippen LogP contribution in [0.3, 0.4) is 0 Å².